The third-order valence-electron chi connectivity index (χ3n) is 5.06. The highest BCUT2D eigenvalue weighted by Crippen LogP contribution is 2.27. The van der Waals surface area contributed by atoms with Crippen LogP contribution >= 0.6 is 0 Å². The van der Waals surface area contributed by atoms with Crippen LogP contribution in [0.3, 0.4) is 0 Å². The van der Waals surface area contributed by atoms with Crippen LogP contribution in [0, 0.1) is 12.3 Å². The molecule has 2 unspecified atom stereocenters. The molecule has 3 amide bonds. The van der Waals surface area contributed by atoms with E-state index in [0.29, 0.717) is 22.6 Å². The van der Waals surface area contributed by atoms with Crippen LogP contribution in [-0.2, 0) is 14.3 Å². The van der Waals surface area contributed by atoms with Crippen molar-refractivity contribution in [3.05, 3.63) is 59.7 Å². The summed E-state index contributed by atoms with van der Waals surface area (Å²) in [5.41, 5.74) is 0.800. The van der Waals surface area contributed by atoms with E-state index in [4.69, 9.17) is 15.9 Å². The first-order chi connectivity index (χ1) is 16.5. The normalized spacial score (nSPS) is 12.5. The van der Waals surface area contributed by atoms with Gasteiger partial charge in [-0.25, -0.2) is 4.79 Å². The van der Waals surface area contributed by atoms with Gasteiger partial charge in [-0.3, -0.25) is 9.59 Å². The Labute approximate surface area is 207 Å². The van der Waals surface area contributed by atoms with Crippen LogP contribution in [0.1, 0.15) is 51.8 Å². The van der Waals surface area contributed by atoms with E-state index < -0.39 is 35.6 Å². The molecule has 0 heterocycles. The fourth-order valence-corrected chi connectivity index (χ4v) is 3.46. The van der Waals surface area contributed by atoms with Crippen LogP contribution in [0.25, 0.3) is 0 Å². The smallest absolute Gasteiger partial charge is 0.408 e. The van der Waals surface area contributed by atoms with Crippen LogP contribution in [0.4, 0.5) is 10.5 Å². The molecule has 0 aliphatic heterocycles. The Kier molecular flexibility index (Phi) is 9.29. The fraction of sp³-hybridized carbons (Fsp3) is 0.370. The number of anilines is 1. The lowest BCUT2D eigenvalue weighted by Gasteiger charge is -2.33. The van der Waals surface area contributed by atoms with Crippen LogP contribution in [0.5, 0.6) is 5.75 Å². The first kappa shape index (κ1) is 27.3. The van der Waals surface area contributed by atoms with Crippen molar-refractivity contribution in [2.45, 2.75) is 52.3 Å². The molecule has 0 saturated carbocycles. The molecule has 2 aromatic rings. The van der Waals surface area contributed by atoms with Gasteiger partial charge < -0.3 is 25.0 Å². The number of benzene rings is 2. The van der Waals surface area contributed by atoms with Gasteiger partial charge in [0.15, 0.2) is 0 Å². The Balaban J connectivity index is 2.39. The summed E-state index contributed by atoms with van der Waals surface area (Å²) in [5.74, 6) is 2.33. The van der Waals surface area contributed by atoms with E-state index in [2.05, 4.69) is 16.6 Å². The standard InChI is InChI=1S/C27H33N3O5/c1-8-19-12-10-11-13-22(19)23(24(31)29-20-14-16-21(34-7)17-15-20)30(9-2)25(32)18(3)28-26(33)35-27(4,5)6/h1,10-18,23H,9H2,2-7H3,(H,28,33)(H,29,31). The van der Waals surface area contributed by atoms with Gasteiger partial charge >= 0.3 is 6.09 Å². The van der Waals surface area contributed by atoms with Gasteiger partial charge in [-0.05, 0) is 70.5 Å². The number of terminal acetylenes is 1. The summed E-state index contributed by atoms with van der Waals surface area (Å²) in [6.07, 6.45) is 4.98. The van der Waals surface area contributed by atoms with E-state index in [-0.39, 0.29) is 6.54 Å². The number of rotatable bonds is 8. The zero-order chi connectivity index (χ0) is 26.2. The summed E-state index contributed by atoms with van der Waals surface area (Å²) in [6, 6.07) is 11.8. The molecule has 8 heteroatoms. The third kappa shape index (κ3) is 7.51. The number of amides is 3. The van der Waals surface area contributed by atoms with Crippen molar-refractivity contribution in [2.75, 3.05) is 19.0 Å². The van der Waals surface area contributed by atoms with E-state index in [9.17, 15) is 14.4 Å². The highest BCUT2D eigenvalue weighted by Gasteiger charge is 2.35. The molecule has 2 atom stereocenters. The first-order valence-electron chi connectivity index (χ1n) is 11.3. The van der Waals surface area contributed by atoms with Gasteiger partial charge in [-0.2, -0.15) is 0 Å². The zero-order valence-electron chi connectivity index (χ0n) is 21.0. The minimum Gasteiger partial charge on any atom is -0.497 e. The molecular formula is C27H33N3O5. The zero-order valence-corrected chi connectivity index (χ0v) is 21.0. The number of likely N-dealkylation sites (N-methyl/N-ethyl adjacent to an activating group) is 1. The fourth-order valence-electron chi connectivity index (χ4n) is 3.46. The predicted octanol–water partition coefficient (Wildman–Crippen LogP) is 4.12. The molecule has 0 radical (unpaired) electrons. The maximum atomic E-state index is 13.6. The van der Waals surface area contributed by atoms with Crippen molar-refractivity contribution < 1.29 is 23.9 Å². The Morgan fingerprint density at radius 1 is 1.09 bits per heavy atom. The number of carbonyl (C=O) groups is 3. The van der Waals surface area contributed by atoms with Gasteiger partial charge in [0, 0.05) is 17.8 Å². The van der Waals surface area contributed by atoms with Crippen LogP contribution in [-0.4, -0.2) is 48.1 Å². The summed E-state index contributed by atoms with van der Waals surface area (Å²) in [4.78, 5) is 40.6. The number of nitrogens with one attached hydrogen (secondary N) is 2. The summed E-state index contributed by atoms with van der Waals surface area (Å²) in [5, 5.41) is 5.40. The highest BCUT2D eigenvalue weighted by atomic mass is 16.6. The summed E-state index contributed by atoms with van der Waals surface area (Å²) in [7, 11) is 1.55. The van der Waals surface area contributed by atoms with E-state index in [1.54, 1.807) is 90.3 Å². The molecule has 2 N–H and O–H groups in total. The average Bonchev–Trinajstić information content (AvgIpc) is 2.81. The molecule has 0 aliphatic rings. The van der Waals surface area contributed by atoms with Crippen molar-refractivity contribution in [3.63, 3.8) is 0 Å². The molecule has 2 rings (SSSR count). The highest BCUT2D eigenvalue weighted by molar-refractivity contribution is 5.99. The molecule has 0 aliphatic carbocycles. The molecule has 35 heavy (non-hydrogen) atoms. The molecule has 2 aromatic carbocycles. The minimum absolute atomic E-state index is 0.193. The van der Waals surface area contributed by atoms with E-state index in [0.717, 1.165) is 0 Å². The number of carbonyl (C=O) groups excluding carboxylic acids is 3. The SMILES string of the molecule is C#Cc1ccccc1C(C(=O)Nc1ccc(OC)cc1)N(CC)C(=O)C(C)NC(=O)OC(C)(C)C. The van der Waals surface area contributed by atoms with E-state index in [1.807, 2.05) is 0 Å². The molecule has 0 spiro atoms. The number of ether oxygens (including phenoxy) is 2. The molecule has 0 aromatic heterocycles. The van der Waals surface area contributed by atoms with Gasteiger partial charge in [0.1, 0.15) is 23.4 Å². The molecule has 0 saturated heterocycles. The van der Waals surface area contributed by atoms with Crippen LogP contribution in [0.2, 0.25) is 0 Å². The summed E-state index contributed by atoms with van der Waals surface area (Å²) in [6.45, 7) is 8.68. The Morgan fingerprint density at radius 2 is 1.71 bits per heavy atom. The quantitative estimate of drug-likeness (QED) is 0.555. The lowest BCUT2D eigenvalue weighted by atomic mass is 9.97. The maximum absolute atomic E-state index is 13.6. The minimum atomic E-state index is -1.04. The second kappa shape index (κ2) is 11.9. The van der Waals surface area contributed by atoms with Crippen molar-refractivity contribution in [1.82, 2.24) is 10.2 Å². The molecule has 0 bridgehead atoms. The molecule has 186 valence electrons. The van der Waals surface area contributed by atoms with Crippen LogP contribution in [0.15, 0.2) is 48.5 Å². The van der Waals surface area contributed by atoms with Crippen molar-refractivity contribution in [3.8, 4) is 18.1 Å². The van der Waals surface area contributed by atoms with Crippen molar-refractivity contribution in [1.29, 1.82) is 0 Å². The monoisotopic (exact) mass is 479 g/mol. The maximum Gasteiger partial charge on any atom is 0.408 e. The van der Waals surface area contributed by atoms with E-state index in [1.165, 1.54) is 4.90 Å². The molecule has 0 fully saturated rings. The second-order valence-corrected chi connectivity index (χ2v) is 8.84. The lowest BCUT2D eigenvalue weighted by Crippen LogP contribution is -2.51. The van der Waals surface area contributed by atoms with Gasteiger partial charge in [0.2, 0.25) is 5.91 Å². The number of hydrogen-bond donors (Lipinski definition) is 2. The second-order valence-electron chi connectivity index (χ2n) is 8.84. The summed E-state index contributed by atoms with van der Waals surface area (Å²) >= 11 is 0. The topological polar surface area (TPSA) is 97.0 Å². The number of alkyl carbamates (subject to hydrolysis) is 1. The van der Waals surface area contributed by atoms with Crippen molar-refractivity contribution >= 4 is 23.6 Å². The van der Waals surface area contributed by atoms with Crippen molar-refractivity contribution in [2.24, 2.45) is 0 Å². The van der Waals surface area contributed by atoms with Gasteiger partial charge in [-0.1, -0.05) is 24.1 Å². The Hall–Kier alpha value is -3.99. The van der Waals surface area contributed by atoms with Gasteiger partial charge in [-0.15, -0.1) is 6.42 Å². The average molecular weight is 480 g/mol. The largest absolute Gasteiger partial charge is 0.497 e. The first-order valence-corrected chi connectivity index (χ1v) is 11.3. The number of nitrogens with zero attached hydrogens (tertiary/aromatic N) is 1. The Morgan fingerprint density at radius 3 is 2.26 bits per heavy atom. The Bertz CT molecular complexity index is 1080. The third-order valence-corrected chi connectivity index (χ3v) is 5.06. The van der Waals surface area contributed by atoms with Gasteiger partial charge in [0.25, 0.3) is 5.91 Å². The predicted molar refractivity (Wildman–Crippen MR) is 135 cm³/mol. The lowest BCUT2D eigenvalue weighted by molar-refractivity contribution is -0.140. The molecule has 8 nitrogen and oxygen atoms in total. The number of hydrogen-bond acceptors (Lipinski definition) is 5. The van der Waals surface area contributed by atoms with Gasteiger partial charge in [0.05, 0.1) is 7.11 Å². The van der Waals surface area contributed by atoms with Crippen LogP contribution < -0.4 is 15.4 Å². The van der Waals surface area contributed by atoms with E-state index >= 15 is 0 Å². The number of methoxy groups -OCH3 is 1. The summed E-state index contributed by atoms with van der Waals surface area (Å²) < 4.78 is 10.4. The molecular weight excluding hydrogens is 446 g/mol.